The van der Waals surface area contributed by atoms with Gasteiger partial charge in [0.25, 0.3) is 0 Å². The number of nitrogens with two attached hydrogens (primary N) is 1. The maximum atomic E-state index is 13.3. The molecule has 0 aromatic heterocycles. The molecule has 0 saturated heterocycles. The van der Waals surface area contributed by atoms with E-state index in [1.807, 2.05) is 0 Å². The average molecular weight is 434 g/mol. The summed E-state index contributed by atoms with van der Waals surface area (Å²) < 4.78 is 59.3. The molecule has 0 amide bonds. The van der Waals surface area contributed by atoms with Crippen molar-refractivity contribution in [2.24, 2.45) is 10.7 Å². The molecule has 0 aliphatic rings. The van der Waals surface area contributed by atoms with Gasteiger partial charge in [-0.1, -0.05) is 12.7 Å². The van der Waals surface area contributed by atoms with E-state index in [0.717, 1.165) is 0 Å². The van der Waals surface area contributed by atoms with Crippen molar-refractivity contribution in [1.29, 1.82) is 4.78 Å². The number of hydrogen-bond donors (Lipinski definition) is 5. The van der Waals surface area contributed by atoms with Crippen molar-refractivity contribution in [2.45, 2.75) is 43.5 Å². The van der Waals surface area contributed by atoms with E-state index in [-0.39, 0.29) is 5.96 Å². The second-order valence-electron chi connectivity index (χ2n) is 6.97. The number of alkyl halides is 3. The minimum absolute atomic E-state index is 0.297. The van der Waals surface area contributed by atoms with E-state index in [0.29, 0.717) is 16.7 Å². The zero-order valence-corrected chi connectivity index (χ0v) is 17.4. The molecular weight excluding hydrogens is 407 g/mol. The summed E-state index contributed by atoms with van der Waals surface area (Å²) in [7, 11) is -2.89. The number of hydrogen-bond acceptors (Lipinski definition) is 5. The van der Waals surface area contributed by atoms with Gasteiger partial charge in [0, 0.05) is 16.8 Å². The Balaban J connectivity index is 3.27. The molecule has 1 rings (SSSR count). The number of nitrogens with one attached hydrogen (secondary N) is 3. The standard InChI is InChI=1S/C18H26F3N5O2S/c1-6-14(18(19,20)21)15(24-11(2)17(3,4)27)26-16(22)25-12-7-9-13(10-8-12)29(5,23)28/h6-11,23-24,27H,1H2,2-5H3,(H3,22,25,26)/b15-14+/t11-,29?/m1/s1. The van der Waals surface area contributed by atoms with Gasteiger partial charge in [0.1, 0.15) is 5.82 Å². The summed E-state index contributed by atoms with van der Waals surface area (Å²) in [6, 6.07) is 5.05. The fourth-order valence-corrected chi connectivity index (χ4v) is 2.65. The summed E-state index contributed by atoms with van der Waals surface area (Å²) in [5, 5.41) is 15.2. The molecule has 0 fully saturated rings. The highest BCUT2D eigenvalue weighted by Gasteiger charge is 2.36. The summed E-state index contributed by atoms with van der Waals surface area (Å²) in [6.07, 6.45) is -2.87. The number of nitrogens with zero attached hydrogens (tertiary/aromatic N) is 1. The molecule has 1 aromatic rings. The van der Waals surface area contributed by atoms with Gasteiger partial charge < -0.3 is 21.5 Å². The fraction of sp³-hybridized carbons (Fsp3) is 0.389. The molecule has 0 heterocycles. The van der Waals surface area contributed by atoms with Crippen molar-refractivity contribution in [3.63, 3.8) is 0 Å². The third-order valence-corrected chi connectivity index (χ3v) is 5.16. The van der Waals surface area contributed by atoms with E-state index >= 15 is 0 Å². The van der Waals surface area contributed by atoms with Crippen LogP contribution in [0, 0.1) is 4.78 Å². The van der Waals surface area contributed by atoms with E-state index in [1.54, 1.807) is 0 Å². The molecule has 29 heavy (non-hydrogen) atoms. The number of halogens is 3. The smallest absolute Gasteiger partial charge is 0.388 e. The Kier molecular flexibility index (Phi) is 7.49. The van der Waals surface area contributed by atoms with Gasteiger partial charge in [-0.3, -0.25) is 0 Å². The van der Waals surface area contributed by atoms with Crippen LogP contribution in [-0.4, -0.2) is 39.3 Å². The van der Waals surface area contributed by atoms with E-state index in [9.17, 15) is 22.5 Å². The molecule has 0 spiro atoms. The molecule has 0 aliphatic carbocycles. The van der Waals surface area contributed by atoms with Crippen molar-refractivity contribution < 1.29 is 22.5 Å². The van der Waals surface area contributed by atoms with Crippen molar-refractivity contribution in [3.8, 4) is 0 Å². The summed E-state index contributed by atoms with van der Waals surface area (Å²) >= 11 is 0. The third kappa shape index (κ3) is 7.42. The van der Waals surface area contributed by atoms with Crippen molar-refractivity contribution >= 4 is 21.4 Å². The van der Waals surface area contributed by atoms with E-state index in [4.69, 9.17) is 10.5 Å². The molecule has 2 atom stereocenters. The fourth-order valence-electron chi connectivity index (χ4n) is 1.99. The number of anilines is 1. The summed E-state index contributed by atoms with van der Waals surface area (Å²) in [5.74, 6) is -0.957. The minimum atomic E-state index is -4.75. The van der Waals surface area contributed by atoms with Crippen LogP contribution in [0.2, 0.25) is 0 Å². The first-order chi connectivity index (χ1) is 13.1. The molecule has 11 heteroatoms. The van der Waals surface area contributed by atoms with E-state index in [1.165, 1.54) is 51.3 Å². The second-order valence-corrected chi connectivity index (χ2v) is 9.13. The SMILES string of the molecule is C=C/C(=C(\N=C(/N)Nc1ccc(S(C)(=N)=O)cc1)N[C@H](C)C(C)(C)O)C(F)(F)F. The van der Waals surface area contributed by atoms with Gasteiger partial charge in [-0.15, -0.1) is 0 Å². The molecular formula is C18H26F3N5O2S. The average Bonchev–Trinajstić information content (AvgIpc) is 2.52. The van der Waals surface area contributed by atoms with Crippen molar-refractivity contribution in [3.05, 3.63) is 48.3 Å². The topological polar surface area (TPSA) is 124 Å². The number of rotatable bonds is 7. The molecule has 7 nitrogen and oxygen atoms in total. The van der Waals surface area contributed by atoms with Gasteiger partial charge in [0.05, 0.1) is 26.9 Å². The normalized spacial score (nSPS) is 17.0. The Hall–Kier alpha value is -2.53. The number of guanidine groups is 1. The molecule has 0 saturated carbocycles. The van der Waals surface area contributed by atoms with Crippen molar-refractivity contribution in [1.82, 2.24) is 5.32 Å². The highest BCUT2D eigenvalue weighted by atomic mass is 32.2. The van der Waals surface area contributed by atoms with Crippen molar-refractivity contribution in [2.75, 3.05) is 11.6 Å². The first-order valence-electron chi connectivity index (χ1n) is 8.43. The quantitative estimate of drug-likeness (QED) is 0.257. The van der Waals surface area contributed by atoms with Gasteiger partial charge in [-0.05, 0) is 45.0 Å². The Morgan fingerprint density at radius 2 is 1.86 bits per heavy atom. The number of aliphatic imine (C=N–C) groups is 1. The third-order valence-electron chi connectivity index (χ3n) is 3.99. The van der Waals surface area contributed by atoms with Crippen LogP contribution in [0.15, 0.2) is 58.2 Å². The van der Waals surface area contributed by atoms with Gasteiger partial charge in [0.2, 0.25) is 0 Å². The van der Waals surface area contributed by atoms with Gasteiger partial charge in [0.15, 0.2) is 5.96 Å². The zero-order chi connectivity index (χ0) is 22.6. The maximum absolute atomic E-state index is 13.3. The molecule has 0 aliphatic heterocycles. The summed E-state index contributed by atoms with van der Waals surface area (Å²) in [5.41, 5.74) is 3.66. The maximum Gasteiger partial charge on any atom is 0.419 e. The summed E-state index contributed by atoms with van der Waals surface area (Å²) in [6.45, 7) is 7.56. The Labute approximate surface area is 168 Å². The van der Waals surface area contributed by atoms with E-state index in [2.05, 4.69) is 22.2 Å². The Morgan fingerprint density at radius 3 is 2.24 bits per heavy atom. The lowest BCUT2D eigenvalue weighted by molar-refractivity contribution is -0.0895. The molecule has 0 bridgehead atoms. The first kappa shape index (κ1) is 24.5. The highest BCUT2D eigenvalue weighted by Crippen LogP contribution is 2.29. The zero-order valence-electron chi connectivity index (χ0n) is 16.6. The molecule has 6 N–H and O–H groups in total. The van der Waals surface area contributed by atoms with Crippen LogP contribution in [0.3, 0.4) is 0 Å². The van der Waals surface area contributed by atoms with Crippen LogP contribution in [0.4, 0.5) is 18.9 Å². The number of aliphatic hydroxyl groups is 1. The molecule has 162 valence electrons. The number of benzene rings is 1. The van der Waals surface area contributed by atoms with Crippen LogP contribution in [0.25, 0.3) is 0 Å². The monoisotopic (exact) mass is 433 g/mol. The van der Waals surface area contributed by atoms with Crippen LogP contribution in [0.5, 0.6) is 0 Å². The van der Waals surface area contributed by atoms with Crippen LogP contribution >= 0.6 is 0 Å². The minimum Gasteiger partial charge on any atom is -0.388 e. The van der Waals surface area contributed by atoms with Crippen LogP contribution in [-0.2, 0) is 9.73 Å². The molecule has 1 unspecified atom stereocenters. The molecule has 0 radical (unpaired) electrons. The lowest BCUT2D eigenvalue weighted by atomic mass is 10.0. The molecule has 1 aromatic carbocycles. The van der Waals surface area contributed by atoms with Gasteiger partial charge in [-0.25, -0.2) is 8.99 Å². The second kappa shape index (κ2) is 8.87. The van der Waals surface area contributed by atoms with Gasteiger partial charge in [-0.2, -0.15) is 18.2 Å². The Bertz CT molecular complexity index is 899. The number of allylic oxidation sites excluding steroid dienone is 2. The predicted octanol–water partition coefficient (Wildman–Crippen LogP) is 3.16. The first-order valence-corrected chi connectivity index (χ1v) is 10.4. The Morgan fingerprint density at radius 1 is 1.34 bits per heavy atom. The largest absolute Gasteiger partial charge is 0.419 e. The van der Waals surface area contributed by atoms with E-state index < -0.39 is 38.9 Å². The lowest BCUT2D eigenvalue weighted by Crippen LogP contribution is -2.45. The highest BCUT2D eigenvalue weighted by molar-refractivity contribution is 7.91. The predicted molar refractivity (Wildman–Crippen MR) is 109 cm³/mol. The summed E-state index contributed by atoms with van der Waals surface area (Å²) in [4.78, 5) is 4.09. The lowest BCUT2D eigenvalue weighted by Gasteiger charge is -2.28. The van der Waals surface area contributed by atoms with Crippen LogP contribution in [0.1, 0.15) is 20.8 Å². The van der Waals surface area contributed by atoms with Crippen LogP contribution < -0.4 is 16.4 Å². The van der Waals surface area contributed by atoms with Gasteiger partial charge >= 0.3 is 6.18 Å².